The molecular weight excluding hydrogens is 369 g/mol. The van der Waals surface area contributed by atoms with E-state index in [0.717, 1.165) is 0 Å². The number of hydrogen-bond acceptors (Lipinski definition) is 5. The van der Waals surface area contributed by atoms with Crippen LogP contribution in [0.3, 0.4) is 0 Å². The fourth-order valence-electron chi connectivity index (χ4n) is 2.89. The molecule has 1 aromatic carbocycles. The molecule has 0 radical (unpaired) electrons. The van der Waals surface area contributed by atoms with Crippen molar-refractivity contribution in [3.05, 3.63) is 47.5 Å². The molecule has 2 heterocycles. The lowest BCUT2D eigenvalue weighted by atomic mass is 10.1. The van der Waals surface area contributed by atoms with Crippen molar-refractivity contribution in [3.8, 4) is 0 Å². The first-order valence-corrected chi connectivity index (χ1v) is 8.53. The SMILES string of the molecule is NC(N)=NC(=O)OCc1cccc(N2CCN(C(=O)c3ccn[nH]3)CC2)c1F. The van der Waals surface area contributed by atoms with Crippen LogP contribution >= 0.6 is 0 Å². The second-order valence-corrected chi connectivity index (χ2v) is 6.09. The number of benzene rings is 1. The predicted octanol–water partition coefficient (Wildman–Crippen LogP) is 0.421. The van der Waals surface area contributed by atoms with Crippen molar-refractivity contribution in [3.63, 3.8) is 0 Å². The highest BCUT2D eigenvalue weighted by Gasteiger charge is 2.25. The lowest BCUT2D eigenvalue weighted by Gasteiger charge is -2.36. The molecule has 1 aromatic heterocycles. The third-order valence-electron chi connectivity index (χ3n) is 4.27. The highest BCUT2D eigenvalue weighted by Crippen LogP contribution is 2.24. The maximum absolute atomic E-state index is 14.8. The molecule has 5 N–H and O–H groups in total. The van der Waals surface area contributed by atoms with E-state index in [-0.39, 0.29) is 18.1 Å². The first-order chi connectivity index (χ1) is 13.5. The van der Waals surface area contributed by atoms with E-state index in [9.17, 15) is 14.0 Å². The highest BCUT2D eigenvalue weighted by atomic mass is 19.1. The Labute approximate surface area is 159 Å². The maximum atomic E-state index is 14.8. The second kappa shape index (κ2) is 8.37. The Balaban J connectivity index is 1.62. The molecule has 3 rings (SSSR count). The van der Waals surface area contributed by atoms with Crippen LogP contribution in [-0.2, 0) is 11.3 Å². The molecule has 0 unspecified atom stereocenters. The number of amides is 2. The van der Waals surface area contributed by atoms with Gasteiger partial charge in [0.2, 0.25) is 0 Å². The smallest absolute Gasteiger partial charge is 0.437 e. The van der Waals surface area contributed by atoms with E-state index in [1.54, 1.807) is 23.1 Å². The molecule has 11 heteroatoms. The van der Waals surface area contributed by atoms with Gasteiger partial charge < -0.3 is 26.0 Å². The van der Waals surface area contributed by atoms with E-state index in [1.807, 2.05) is 4.90 Å². The molecule has 10 nitrogen and oxygen atoms in total. The zero-order chi connectivity index (χ0) is 20.1. The van der Waals surface area contributed by atoms with Crippen molar-refractivity contribution < 1.29 is 18.7 Å². The molecule has 0 aliphatic carbocycles. The molecule has 2 aromatic rings. The number of H-pyrrole nitrogens is 1. The number of carbonyl (C=O) groups is 2. The number of ether oxygens (including phenoxy) is 1. The first-order valence-electron chi connectivity index (χ1n) is 8.53. The van der Waals surface area contributed by atoms with Gasteiger partial charge in [0.05, 0.1) is 5.69 Å². The summed E-state index contributed by atoms with van der Waals surface area (Å²) >= 11 is 0. The van der Waals surface area contributed by atoms with E-state index < -0.39 is 17.9 Å². The van der Waals surface area contributed by atoms with E-state index in [2.05, 4.69) is 15.2 Å². The van der Waals surface area contributed by atoms with Crippen LogP contribution in [0, 0.1) is 5.82 Å². The third-order valence-corrected chi connectivity index (χ3v) is 4.27. The van der Waals surface area contributed by atoms with E-state index >= 15 is 0 Å². The third kappa shape index (κ3) is 4.37. The largest absolute Gasteiger partial charge is 0.443 e. The molecule has 1 aliphatic heterocycles. The number of nitrogens with one attached hydrogen (secondary N) is 1. The summed E-state index contributed by atoms with van der Waals surface area (Å²) in [6.07, 6.45) is 0.528. The van der Waals surface area contributed by atoms with Crippen molar-refractivity contribution >= 4 is 23.6 Å². The fourth-order valence-corrected chi connectivity index (χ4v) is 2.89. The number of aliphatic imine (C=N–C) groups is 1. The average molecular weight is 389 g/mol. The minimum absolute atomic E-state index is 0.141. The number of aromatic amines is 1. The normalized spacial score (nSPS) is 13.9. The highest BCUT2D eigenvalue weighted by molar-refractivity contribution is 5.92. The van der Waals surface area contributed by atoms with Crippen LogP contribution in [0.2, 0.25) is 0 Å². The van der Waals surface area contributed by atoms with Crippen molar-refractivity contribution in [1.82, 2.24) is 15.1 Å². The molecule has 1 saturated heterocycles. The molecular formula is C17H20FN7O3. The van der Waals surface area contributed by atoms with Gasteiger partial charge in [0, 0.05) is 37.9 Å². The number of carbonyl (C=O) groups excluding carboxylic acids is 2. The van der Waals surface area contributed by atoms with Crippen molar-refractivity contribution in [2.45, 2.75) is 6.61 Å². The van der Waals surface area contributed by atoms with Crippen LogP contribution in [0.1, 0.15) is 16.1 Å². The topological polar surface area (TPSA) is 143 Å². The lowest BCUT2D eigenvalue weighted by molar-refractivity contribution is 0.0740. The molecule has 0 spiro atoms. The molecule has 1 aliphatic rings. The summed E-state index contributed by atoms with van der Waals surface area (Å²) in [4.78, 5) is 30.4. The monoisotopic (exact) mass is 389 g/mol. The summed E-state index contributed by atoms with van der Waals surface area (Å²) in [6, 6.07) is 6.44. The van der Waals surface area contributed by atoms with E-state index in [4.69, 9.17) is 16.2 Å². The van der Waals surface area contributed by atoms with Gasteiger partial charge in [0.15, 0.2) is 11.8 Å². The number of nitrogens with two attached hydrogens (primary N) is 2. The summed E-state index contributed by atoms with van der Waals surface area (Å²) < 4.78 is 19.7. The molecule has 0 saturated carbocycles. The molecule has 0 atom stereocenters. The minimum atomic E-state index is -0.990. The number of hydrogen-bond donors (Lipinski definition) is 3. The Morgan fingerprint density at radius 2 is 1.96 bits per heavy atom. The Morgan fingerprint density at radius 3 is 2.61 bits per heavy atom. The minimum Gasteiger partial charge on any atom is -0.443 e. The molecule has 148 valence electrons. The van der Waals surface area contributed by atoms with Crippen LogP contribution in [0.5, 0.6) is 0 Å². The van der Waals surface area contributed by atoms with Crippen LogP contribution in [0.4, 0.5) is 14.9 Å². The van der Waals surface area contributed by atoms with Crippen LogP contribution in [0.25, 0.3) is 0 Å². The lowest BCUT2D eigenvalue weighted by Crippen LogP contribution is -2.49. The van der Waals surface area contributed by atoms with Crippen LogP contribution in [0.15, 0.2) is 35.5 Å². The van der Waals surface area contributed by atoms with E-state index in [0.29, 0.717) is 37.6 Å². The zero-order valence-electron chi connectivity index (χ0n) is 15.0. The number of nitrogens with zero attached hydrogens (tertiary/aromatic N) is 4. The first kappa shape index (κ1) is 19.1. The van der Waals surface area contributed by atoms with Crippen molar-refractivity contribution in [2.75, 3.05) is 31.1 Å². The summed E-state index contributed by atoms with van der Waals surface area (Å²) in [5.74, 6) is -1.06. The number of guanidine groups is 1. The summed E-state index contributed by atoms with van der Waals surface area (Å²) in [7, 11) is 0. The van der Waals surface area contributed by atoms with Crippen molar-refractivity contribution in [2.24, 2.45) is 16.5 Å². The average Bonchev–Trinajstić information content (AvgIpc) is 3.21. The second-order valence-electron chi connectivity index (χ2n) is 6.09. The molecule has 28 heavy (non-hydrogen) atoms. The Kier molecular flexibility index (Phi) is 5.72. The van der Waals surface area contributed by atoms with Crippen LogP contribution in [-0.4, -0.2) is 59.2 Å². The maximum Gasteiger partial charge on any atom is 0.437 e. The zero-order valence-corrected chi connectivity index (χ0v) is 15.0. The standard InChI is InChI=1S/C17H20FN7O3/c18-14-11(10-28-17(27)22-16(19)20)2-1-3-13(14)24-6-8-25(9-7-24)15(26)12-4-5-21-23-12/h1-5H,6-10H2,(H,21,23)(H4,19,20,22,27). The van der Waals surface area contributed by atoms with Gasteiger partial charge in [-0.15, -0.1) is 4.99 Å². The Hall–Kier alpha value is -3.63. The number of rotatable bonds is 4. The van der Waals surface area contributed by atoms with Gasteiger partial charge in [-0.3, -0.25) is 9.89 Å². The number of halogens is 1. The number of piperazine rings is 1. The van der Waals surface area contributed by atoms with E-state index in [1.165, 1.54) is 12.3 Å². The Bertz CT molecular complexity index is 873. The summed E-state index contributed by atoms with van der Waals surface area (Å²) in [5.41, 5.74) is 11.2. The van der Waals surface area contributed by atoms with Gasteiger partial charge in [-0.2, -0.15) is 5.10 Å². The molecule has 2 amide bonds. The van der Waals surface area contributed by atoms with Crippen LogP contribution < -0.4 is 16.4 Å². The molecule has 0 bridgehead atoms. The van der Waals surface area contributed by atoms with Gasteiger partial charge in [-0.1, -0.05) is 12.1 Å². The summed E-state index contributed by atoms with van der Waals surface area (Å²) in [5, 5.41) is 6.42. The summed E-state index contributed by atoms with van der Waals surface area (Å²) in [6.45, 7) is 1.53. The Morgan fingerprint density at radius 1 is 1.21 bits per heavy atom. The fraction of sp³-hybridized carbons (Fsp3) is 0.294. The van der Waals surface area contributed by atoms with Gasteiger partial charge in [-0.25, -0.2) is 9.18 Å². The van der Waals surface area contributed by atoms with Gasteiger partial charge in [-0.05, 0) is 12.1 Å². The quantitative estimate of drug-likeness (QED) is 0.508. The number of aromatic nitrogens is 2. The van der Waals surface area contributed by atoms with Gasteiger partial charge in [0.1, 0.15) is 12.3 Å². The molecule has 1 fully saturated rings. The van der Waals surface area contributed by atoms with Gasteiger partial charge in [0.25, 0.3) is 5.91 Å². The van der Waals surface area contributed by atoms with Gasteiger partial charge >= 0.3 is 6.09 Å². The van der Waals surface area contributed by atoms with Crippen molar-refractivity contribution in [1.29, 1.82) is 0 Å². The number of anilines is 1. The predicted molar refractivity (Wildman–Crippen MR) is 99.1 cm³/mol.